The number of aromatic amines is 1. The Hall–Kier alpha value is -1.60. The summed E-state index contributed by atoms with van der Waals surface area (Å²) >= 11 is 5.88. The van der Waals surface area contributed by atoms with Crippen LogP contribution in [0.4, 0.5) is 0 Å². The predicted molar refractivity (Wildman–Crippen MR) is 83.5 cm³/mol. The molecule has 2 aromatic heterocycles. The summed E-state index contributed by atoms with van der Waals surface area (Å²) in [5.74, 6) is 0.681. The topological polar surface area (TPSA) is 81.9 Å². The van der Waals surface area contributed by atoms with Gasteiger partial charge in [-0.15, -0.1) is 0 Å². The minimum Gasteiger partial charge on any atom is -0.380 e. The van der Waals surface area contributed by atoms with E-state index in [0.717, 1.165) is 6.42 Å². The number of aromatic nitrogens is 4. The van der Waals surface area contributed by atoms with E-state index in [1.807, 2.05) is 6.92 Å². The average molecular weight is 327 g/mol. The largest absolute Gasteiger partial charge is 0.380 e. The number of aryl methyl sites for hydroxylation is 1. The summed E-state index contributed by atoms with van der Waals surface area (Å²) in [6.07, 6.45) is 3.34. The van der Waals surface area contributed by atoms with E-state index in [4.69, 9.17) is 16.3 Å². The van der Waals surface area contributed by atoms with Crippen LogP contribution in [0.3, 0.4) is 0 Å². The highest BCUT2D eigenvalue weighted by Gasteiger charge is 2.23. The van der Waals surface area contributed by atoms with E-state index in [0.29, 0.717) is 31.3 Å². The highest BCUT2D eigenvalue weighted by Crippen LogP contribution is 2.32. The van der Waals surface area contributed by atoms with Crippen LogP contribution in [0.5, 0.6) is 0 Å². The fourth-order valence-electron chi connectivity index (χ4n) is 2.56. The van der Waals surface area contributed by atoms with Gasteiger partial charge in [0.2, 0.25) is 5.28 Å². The second-order valence-electron chi connectivity index (χ2n) is 5.55. The van der Waals surface area contributed by atoms with Gasteiger partial charge in [0.25, 0.3) is 5.56 Å². The number of rotatable bonds is 7. The lowest BCUT2D eigenvalue weighted by atomic mass is 10.3. The molecular weight excluding hydrogens is 308 g/mol. The van der Waals surface area contributed by atoms with E-state index in [9.17, 15) is 9.59 Å². The third-order valence-corrected chi connectivity index (χ3v) is 4.13. The van der Waals surface area contributed by atoms with Gasteiger partial charge in [-0.2, -0.15) is 4.98 Å². The Morgan fingerprint density at radius 1 is 1.32 bits per heavy atom. The summed E-state index contributed by atoms with van der Waals surface area (Å²) in [5.41, 5.74) is -0.131. The molecule has 22 heavy (non-hydrogen) atoms. The van der Waals surface area contributed by atoms with Gasteiger partial charge in [0.1, 0.15) is 0 Å². The minimum absolute atomic E-state index is 0.120. The number of fused-ring (bicyclic) bond motifs is 1. The van der Waals surface area contributed by atoms with Crippen molar-refractivity contribution < 1.29 is 4.74 Å². The third kappa shape index (κ3) is 2.96. The zero-order chi connectivity index (χ0) is 15.7. The summed E-state index contributed by atoms with van der Waals surface area (Å²) in [6, 6.07) is 0. The first-order chi connectivity index (χ1) is 10.6. The van der Waals surface area contributed by atoms with Crippen LogP contribution in [-0.2, 0) is 17.8 Å². The fourth-order valence-corrected chi connectivity index (χ4v) is 2.73. The molecule has 0 radical (unpaired) electrons. The summed E-state index contributed by atoms with van der Waals surface area (Å²) in [6.45, 7) is 3.51. The Labute approximate surface area is 131 Å². The Morgan fingerprint density at radius 3 is 2.77 bits per heavy atom. The predicted octanol–water partition coefficient (Wildman–Crippen LogP) is 1.38. The molecule has 0 spiro atoms. The maximum atomic E-state index is 12.6. The van der Waals surface area contributed by atoms with Crippen molar-refractivity contribution in [3.63, 3.8) is 0 Å². The molecule has 1 aliphatic rings. The highest BCUT2D eigenvalue weighted by molar-refractivity contribution is 6.28. The summed E-state index contributed by atoms with van der Waals surface area (Å²) < 4.78 is 7.99. The van der Waals surface area contributed by atoms with Crippen molar-refractivity contribution >= 4 is 22.8 Å². The van der Waals surface area contributed by atoms with Crippen LogP contribution >= 0.6 is 11.6 Å². The fraction of sp³-hybridized carbons (Fsp3) is 0.643. The van der Waals surface area contributed by atoms with E-state index in [1.54, 1.807) is 4.57 Å². The van der Waals surface area contributed by atoms with Crippen molar-refractivity contribution in [2.45, 2.75) is 39.3 Å². The van der Waals surface area contributed by atoms with Gasteiger partial charge in [-0.3, -0.25) is 13.9 Å². The Morgan fingerprint density at radius 2 is 2.09 bits per heavy atom. The molecule has 2 heterocycles. The summed E-state index contributed by atoms with van der Waals surface area (Å²) in [4.78, 5) is 31.9. The van der Waals surface area contributed by atoms with Crippen molar-refractivity contribution in [3.8, 4) is 0 Å². The van der Waals surface area contributed by atoms with Crippen LogP contribution in [-0.4, -0.2) is 32.3 Å². The molecule has 0 saturated heterocycles. The zero-order valence-electron chi connectivity index (χ0n) is 12.5. The number of hydrogen-bond donors (Lipinski definition) is 1. The van der Waals surface area contributed by atoms with Gasteiger partial charge in [0.15, 0.2) is 11.2 Å². The SMILES string of the molecule is CCOCCn1c(=O)c2[nH]c(Cl)nc2n(CCC2CC2)c1=O. The van der Waals surface area contributed by atoms with E-state index in [2.05, 4.69) is 9.97 Å². The van der Waals surface area contributed by atoms with Crippen LogP contribution in [0, 0.1) is 5.92 Å². The van der Waals surface area contributed by atoms with Crippen LogP contribution in [0.25, 0.3) is 11.2 Å². The number of halogens is 1. The number of H-pyrrole nitrogens is 1. The molecule has 0 amide bonds. The quantitative estimate of drug-likeness (QED) is 0.615. The molecule has 0 unspecified atom stereocenters. The number of nitrogens with zero attached hydrogens (tertiary/aromatic N) is 3. The van der Waals surface area contributed by atoms with Crippen molar-refractivity contribution in [2.24, 2.45) is 5.92 Å². The van der Waals surface area contributed by atoms with Crippen molar-refractivity contribution in [1.29, 1.82) is 0 Å². The molecule has 1 fully saturated rings. The number of imidazole rings is 1. The molecule has 8 heteroatoms. The minimum atomic E-state index is -0.401. The lowest BCUT2D eigenvalue weighted by Gasteiger charge is -2.11. The van der Waals surface area contributed by atoms with E-state index in [1.165, 1.54) is 17.4 Å². The molecule has 1 N–H and O–H groups in total. The number of hydrogen-bond acceptors (Lipinski definition) is 4. The van der Waals surface area contributed by atoms with Gasteiger partial charge in [0, 0.05) is 13.2 Å². The number of ether oxygens (including phenoxy) is 1. The normalized spacial score (nSPS) is 14.8. The van der Waals surface area contributed by atoms with Gasteiger partial charge in [-0.05, 0) is 30.9 Å². The van der Waals surface area contributed by atoms with Crippen LogP contribution < -0.4 is 11.2 Å². The maximum absolute atomic E-state index is 12.6. The van der Waals surface area contributed by atoms with E-state index >= 15 is 0 Å². The summed E-state index contributed by atoms with van der Waals surface area (Å²) in [5, 5.41) is 0.120. The van der Waals surface area contributed by atoms with E-state index in [-0.39, 0.29) is 23.0 Å². The molecule has 0 aliphatic heterocycles. The molecule has 0 bridgehead atoms. The highest BCUT2D eigenvalue weighted by atomic mass is 35.5. The first-order valence-corrected chi connectivity index (χ1v) is 7.96. The second kappa shape index (κ2) is 6.26. The zero-order valence-corrected chi connectivity index (χ0v) is 13.2. The van der Waals surface area contributed by atoms with Crippen molar-refractivity contribution in [2.75, 3.05) is 13.2 Å². The third-order valence-electron chi connectivity index (χ3n) is 3.95. The standard InChI is InChI=1S/C14H19ClN4O3/c1-2-22-8-7-19-12(20)10-11(17-13(15)16-10)18(14(19)21)6-5-9-3-4-9/h9H,2-8H2,1H3,(H,16,17). The van der Waals surface area contributed by atoms with Gasteiger partial charge in [-0.1, -0.05) is 12.8 Å². The molecule has 120 valence electrons. The molecule has 2 aromatic rings. The molecule has 7 nitrogen and oxygen atoms in total. The molecule has 0 atom stereocenters. The molecule has 1 aliphatic carbocycles. The Bertz CT molecular complexity index is 788. The van der Waals surface area contributed by atoms with Gasteiger partial charge in [-0.25, -0.2) is 4.79 Å². The monoisotopic (exact) mass is 326 g/mol. The molecular formula is C14H19ClN4O3. The number of nitrogens with one attached hydrogen (secondary N) is 1. The maximum Gasteiger partial charge on any atom is 0.332 e. The molecule has 3 rings (SSSR count). The van der Waals surface area contributed by atoms with Gasteiger partial charge in [0.05, 0.1) is 13.2 Å². The van der Waals surface area contributed by atoms with Crippen molar-refractivity contribution in [1.82, 2.24) is 19.1 Å². The molecule has 0 aromatic carbocycles. The van der Waals surface area contributed by atoms with Gasteiger partial charge < -0.3 is 9.72 Å². The average Bonchev–Trinajstić information content (AvgIpc) is 3.23. The van der Waals surface area contributed by atoms with Gasteiger partial charge >= 0.3 is 5.69 Å². The second-order valence-corrected chi connectivity index (χ2v) is 5.90. The Balaban J connectivity index is 2.04. The van der Waals surface area contributed by atoms with Crippen molar-refractivity contribution in [3.05, 3.63) is 26.1 Å². The van der Waals surface area contributed by atoms with E-state index < -0.39 is 5.56 Å². The Kier molecular flexibility index (Phi) is 4.35. The summed E-state index contributed by atoms with van der Waals surface area (Å²) in [7, 11) is 0. The first-order valence-electron chi connectivity index (χ1n) is 7.58. The molecule has 1 saturated carbocycles. The lowest BCUT2D eigenvalue weighted by molar-refractivity contribution is 0.137. The first kappa shape index (κ1) is 15.3. The van der Waals surface area contributed by atoms with Crippen LogP contribution in [0.1, 0.15) is 26.2 Å². The lowest BCUT2D eigenvalue weighted by Crippen LogP contribution is -2.41. The van der Waals surface area contributed by atoms with Crippen LogP contribution in [0.15, 0.2) is 9.59 Å². The smallest absolute Gasteiger partial charge is 0.332 e. The van der Waals surface area contributed by atoms with Crippen LogP contribution in [0.2, 0.25) is 5.28 Å².